The van der Waals surface area contributed by atoms with Crippen LogP contribution in [-0.2, 0) is 6.61 Å². The van der Waals surface area contributed by atoms with Crippen LogP contribution in [0.15, 0.2) is 71.3 Å². The van der Waals surface area contributed by atoms with Gasteiger partial charge in [-0.15, -0.1) is 0 Å². The van der Waals surface area contributed by atoms with Crippen LogP contribution in [0.1, 0.15) is 40.6 Å². The summed E-state index contributed by atoms with van der Waals surface area (Å²) < 4.78 is 24.6. The molecule has 1 aromatic heterocycles. The maximum absolute atomic E-state index is 13.1. The Kier molecular flexibility index (Phi) is 6.44. The number of nitrogens with one attached hydrogen (secondary N) is 1. The minimum Gasteiger partial charge on any atom is -0.488 e. The van der Waals surface area contributed by atoms with E-state index in [4.69, 9.17) is 9.15 Å². The second-order valence-electron chi connectivity index (χ2n) is 7.40. The molecule has 0 saturated carbocycles. The lowest BCUT2D eigenvalue weighted by atomic mass is 10.1. The van der Waals surface area contributed by atoms with E-state index in [1.54, 1.807) is 30.5 Å². The largest absolute Gasteiger partial charge is 0.488 e. The monoisotopic (exact) mass is 408 g/mol. The fourth-order valence-corrected chi connectivity index (χ4v) is 3.75. The van der Waals surface area contributed by atoms with Crippen molar-refractivity contribution in [2.75, 3.05) is 19.6 Å². The van der Waals surface area contributed by atoms with E-state index in [1.165, 1.54) is 12.1 Å². The van der Waals surface area contributed by atoms with Crippen LogP contribution in [0.2, 0.25) is 0 Å². The predicted octanol–water partition coefficient (Wildman–Crippen LogP) is 4.56. The fraction of sp³-hybridized carbons (Fsp3) is 0.292. The molecular formula is C24H25FN2O3. The van der Waals surface area contributed by atoms with Crippen LogP contribution in [0.5, 0.6) is 5.75 Å². The van der Waals surface area contributed by atoms with E-state index in [1.807, 2.05) is 24.3 Å². The molecule has 156 valence electrons. The summed E-state index contributed by atoms with van der Waals surface area (Å²) in [5.74, 6) is 0.871. The van der Waals surface area contributed by atoms with E-state index in [0.29, 0.717) is 17.9 Å². The molecule has 1 aliphatic rings. The summed E-state index contributed by atoms with van der Waals surface area (Å²) in [6.45, 7) is 2.71. The Labute approximate surface area is 175 Å². The van der Waals surface area contributed by atoms with E-state index >= 15 is 0 Å². The van der Waals surface area contributed by atoms with Crippen molar-refractivity contribution in [3.8, 4) is 5.75 Å². The van der Waals surface area contributed by atoms with Crippen molar-refractivity contribution in [1.82, 2.24) is 10.2 Å². The smallest absolute Gasteiger partial charge is 0.255 e. The molecule has 1 amide bonds. The predicted molar refractivity (Wildman–Crippen MR) is 112 cm³/mol. The molecule has 3 aromatic rings. The number of carbonyl (C=O) groups is 1. The van der Waals surface area contributed by atoms with Gasteiger partial charge in [0.1, 0.15) is 23.9 Å². The number of hydrogen-bond acceptors (Lipinski definition) is 4. The Morgan fingerprint density at radius 2 is 1.83 bits per heavy atom. The number of benzene rings is 2. The second kappa shape index (κ2) is 9.59. The minimum absolute atomic E-state index is 0.0127. The van der Waals surface area contributed by atoms with Crippen molar-refractivity contribution in [1.29, 1.82) is 0 Å². The average molecular weight is 408 g/mol. The third-order valence-corrected chi connectivity index (χ3v) is 5.35. The zero-order chi connectivity index (χ0) is 20.8. The van der Waals surface area contributed by atoms with E-state index in [2.05, 4.69) is 10.2 Å². The summed E-state index contributed by atoms with van der Waals surface area (Å²) in [6.07, 6.45) is 3.98. The van der Waals surface area contributed by atoms with Crippen LogP contribution in [0.25, 0.3) is 0 Å². The number of hydrogen-bond donors (Lipinski definition) is 1. The third-order valence-electron chi connectivity index (χ3n) is 5.35. The molecule has 1 aliphatic heterocycles. The van der Waals surface area contributed by atoms with Gasteiger partial charge in [-0.25, -0.2) is 4.39 Å². The molecule has 0 bridgehead atoms. The Morgan fingerprint density at radius 1 is 1.07 bits per heavy atom. The number of rotatable bonds is 8. The first kappa shape index (κ1) is 20.2. The molecule has 1 N–H and O–H groups in total. The summed E-state index contributed by atoms with van der Waals surface area (Å²) >= 11 is 0. The van der Waals surface area contributed by atoms with E-state index < -0.39 is 0 Å². The van der Waals surface area contributed by atoms with Crippen LogP contribution >= 0.6 is 0 Å². The van der Waals surface area contributed by atoms with Crippen LogP contribution in [0.4, 0.5) is 4.39 Å². The Morgan fingerprint density at radius 3 is 2.57 bits per heavy atom. The van der Waals surface area contributed by atoms with Gasteiger partial charge < -0.3 is 14.5 Å². The first-order valence-corrected chi connectivity index (χ1v) is 10.2. The lowest BCUT2D eigenvalue weighted by Gasteiger charge is -2.26. The number of para-hydroxylation sites is 1. The molecule has 5 nitrogen and oxygen atoms in total. The van der Waals surface area contributed by atoms with Crippen molar-refractivity contribution < 1.29 is 18.3 Å². The minimum atomic E-state index is -0.289. The van der Waals surface area contributed by atoms with E-state index in [9.17, 15) is 9.18 Å². The number of amides is 1. The third kappa shape index (κ3) is 4.89. The molecule has 30 heavy (non-hydrogen) atoms. The molecule has 0 spiro atoms. The fourth-order valence-electron chi connectivity index (χ4n) is 3.75. The maximum Gasteiger partial charge on any atom is 0.255 e. The second-order valence-corrected chi connectivity index (χ2v) is 7.40. The van der Waals surface area contributed by atoms with Crippen LogP contribution in [0, 0.1) is 5.82 Å². The molecule has 2 aromatic carbocycles. The topological polar surface area (TPSA) is 54.7 Å². The van der Waals surface area contributed by atoms with Gasteiger partial charge in [0.25, 0.3) is 5.91 Å². The molecule has 6 heteroatoms. The highest BCUT2D eigenvalue weighted by molar-refractivity contribution is 5.96. The zero-order valence-electron chi connectivity index (χ0n) is 16.7. The number of likely N-dealkylation sites (tertiary alicyclic amines) is 1. The lowest BCUT2D eigenvalue weighted by molar-refractivity contribution is 0.0929. The molecule has 0 aliphatic carbocycles. The van der Waals surface area contributed by atoms with Gasteiger partial charge in [0.2, 0.25) is 0 Å². The molecule has 4 rings (SSSR count). The number of carbonyl (C=O) groups excluding carboxylic acids is 1. The van der Waals surface area contributed by atoms with Gasteiger partial charge in [0, 0.05) is 6.54 Å². The SMILES string of the molecule is O=C(NCC(c1ccco1)N1CCCC1)c1ccccc1OCc1ccc(F)cc1. The summed E-state index contributed by atoms with van der Waals surface area (Å²) in [7, 11) is 0. The zero-order valence-corrected chi connectivity index (χ0v) is 16.7. The van der Waals surface area contributed by atoms with Crippen molar-refractivity contribution in [2.45, 2.75) is 25.5 Å². The first-order chi connectivity index (χ1) is 14.7. The molecule has 1 fully saturated rings. The Hall–Kier alpha value is -3.12. The maximum atomic E-state index is 13.1. The molecular weight excluding hydrogens is 383 g/mol. The summed E-state index contributed by atoms with van der Waals surface area (Å²) in [5.41, 5.74) is 1.30. The molecule has 1 atom stereocenters. The van der Waals surface area contributed by atoms with Crippen molar-refractivity contribution in [3.05, 3.63) is 89.6 Å². The van der Waals surface area contributed by atoms with Crippen LogP contribution in [-0.4, -0.2) is 30.4 Å². The van der Waals surface area contributed by atoms with Gasteiger partial charge in [0.15, 0.2) is 0 Å². The van der Waals surface area contributed by atoms with Crippen molar-refractivity contribution >= 4 is 5.91 Å². The summed E-state index contributed by atoms with van der Waals surface area (Å²) in [5, 5.41) is 3.04. The first-order valence-electron chi connectivity index (χ1n) is 10.2. The highest BCUT2D eigenvalue weighted by Gasteiger charge is 2.26. The van der Waals surface area contributed by atoms with Gasteiger partial charge in [-0.1, -0.05) is 24.3 Å². The standard InChI is InChI=1S/C24H25FN2O3/c25-19-11-9-18(10-12-19)17-30-22-7-2-1-6-20(22)24(28)26-16-21(23-8-5-15-29-23)27-13-3-4-14-27/h1-2,5-12,15,21H,3-4,13-14,16-17H2,(H,26,28). The van der Waals surface area contributed by atoms with Crippen molar-refractivity contribution in [2.24, 2.45) is 0 Å². The molecule has 1 saturated heterocycles. The lowest BCUT2D eigenvalue weighted by Crippen LogP contribution is -2.36. The quantitative estimate of drug-likeness (QED) is 0.594. The van der Waals surface area contributed by atoms with E-state index in [-0.39, 0.29) is 24.4 Å². The summed E-state index contributed by atoms with van der Waals surface area (Å²) in [4.78, 5) is 15.3. The van der Waals surface area contributed by atoms with Crippen molar-refractivity contribution in [3.63, 3.8) is 0 Å². The highest BCUT2D eigenvalue weighted by atomic mass is 19.1. The van der Waals surface area contributed by atoms with Gasteiger partial charge in [-0.05, 0) is 67.9 Å². The number of ether oxygens (including phenoxy) is 1. The summed E-state index contributed by atoms with van der Waals surface area (Å²) in [6, 6.07) is 17.1. The number of halogens is 1. The van der Waals surface area contributed by atoms with Crippen LogP contribution < -0.4 is 10.1 Å². The van der Waals surface area contributed by atoms with Gasteiger partial charge in [0.05, 0.1) is 17.9 Å². The Bertz CT molecular complexity index is 951. The normalized spacial score (nSPS) is 15.1. The molecule has 2 heterocycles. The molecule has 1 unspecified atom stereocenters. The van der Waals surface area contributed by atoms with Gasteiger partial charge >= 0.3 is 0 Å². The highest BCUT2D eigenvalue weighted by Crippen LogP contribution is 2.25. The molecule has 0 radical (unpaired) electrons. The average Bonchev–Trinajstić information content (AvgIpc) is 3.49. The number of nitrogens with zero attached hydrogens (tertiary/aromatic N) is 1. The number of furan rings is 1. The van der Waals surface area contributed by atoms with Gasteiger partial charge in [-0.2, -0.15) is 0 Å². The van der Waals surface area contributed by atoms with Crippen LogP contribution in [0.3, 0.4) is 0 Å². The Balaban J connectivity index is 1.42. The van der Waals surface area contributed by atoms with E-state index in [0.717, 1.165) is 37.3 Å². The van der Waals surface area contributed by atoms with Gasteiger partial charge in [-0.3, -0.25) is 9.69 Å².